The van der Waals surface area contributed by atoms with Crippen LogP contribution in [0.4, 0.5) is 0 Å². The molecule has 5 nitrogen and oxygen atoms in total. The lowest BCUT2D eigenvalue weighted by Gasteiger charge is -2.36. The maximum atomic E-state index is 12.7. The summed E-state index contributed by atoms with van der Waals surface area (Å²) in [4.78, 5) is 0. The van der Waals surface area contributed by atoms with Crippen molar-refractivity contribution in [2.24, 2.45) is 23.7 Å². The molecule has 0 bridgehead atoms. The van der Waals surface area contributed by atoms with E-state index in [1.807, 2.05) is 0 Å². The zero-order valence-corrected chi connectivity index (χ0v) is 12.7. The highest BCUT2D eigenvalue weighted by Gasteiger charge is 2.44. The van der Waals surface area contributed by atoms with Gasteiger partial charge in [-0.15, -0.1) is 0 Å². The second-order valence-corrected chi connectivity index (χ2v) is 8.69. The lowest BCUT2D eigenvalue weighted by atomic mass is 9.94. The van der Waals surface area contributed by atoms with Crippen LogP contribution in [-0.2, 0) is 10.2 Å². The van der Waals surface area contributed by atoms with Crippen molar-refractivity contribution in [3.05, 3.63) is 0 Å². The second-order valence-electron chi connectivity index (χ2n) is 6.77. The van der Waals surface area contributed by atoms with Crippen molar-refractivity contribution < 1.29 is 8.42 Å². The number of hydrogen-bond donors (Lipinski definition) is 1. The number of rotatable bonds is 2. The molecule has 0 aromatic heterocycles. The van der Waals surface area contributed by atoms with Crippen LogP contribution >= 0.6 is 0 Å². The van der Waals surface area contributed by atoms with E-state index in [-0.39, 0.29) is 0 Å². The Morgan fingerprint density at radius 3 is 1.89 bits per heavy atom. The third kappa shape index (κ3) is 2.55. The van der Waals surface area contributed by atoms with E-state index in [4.69, 9.17) is 0 Å². The van der Waals surface area contributed by atoms with Gasteiger partial charge in [-0.2, -0.15) is 17.0 Å². The highest BCUT2D eigenvalue weighted by Crippen LogP contribution is 2.31. The van der Waals surface area contributed by atoms with Crippen LogP contribution in [0.1, 0.15) is 20.3 Å². The van der Waals surface area contributed by atoms with Gasteiger partial charge in [0.05, 0.1) is 0 Å². The van der Waals surface area contributed by atoms with Crippen LogP contribution in [0, 0.1) is 23.7 Å². The normalized spacial score (nSPS) is 41.6. The quantitative estimate of drug-likeness (QED) is 0.798. The van der Waals surface area contributed by atoms with Gasteiger partial charge in [-0.25, -0.2) is 0 Å². The molecule has 6 heteroatoms. The molecule has 0 radical (unpaired) electrons. The molecule has 19 heavy (non-hydrogen) atoms. The molecule has 3 aliphatic heterocycles. The van der Waals surface area contributed by atoms with Gasteiger partial charge in [0, 0.05) is 26.2 Å². The first-order valence-corrected chi connectivity index (χ1v) is 8.82. The van der Waals surface area contributed by atoms with E-state index in [2.05, 4.69) is 19.2 Å². The van der Waals surface area contributed by atoms with Crippen LogP contribution in [0.2, 0.25) is 0 Å². The Hall–Kier alpha value is -0.170. The maximum absolute atomic E-state index is 12.7. The van der Waals surface area contributed by atoms with Crippen molar-refractivity contribution in [1.29, 1.82) is 0 Å². The molecule has 0 aromatic rings. The summed E-state index contributed by atoms with van der Waals surface area (Å²) in [5.41, 5.74) is 0. The molecule has 3 aliphatic rings. The number of piperidine rings is 1. The summed E-state index contributed by atoms with van der Waals surface area (Å²) in [5.74, 6) is 1.99. The standard InChI is InChI=1S/C13H25N3O2S/c1-10-3-11(2)7-15(6-10)19(17,18)16-8-12-4-14-5-13(12)9-16/h10-14H,3-9H2,1-2H3/t10?,11?,12-,13+. The maximum Gasteiger partial charge on any atom is 0.282 e. The van der Waals surface area contributed by atoms with Gasteiger partial charge in [0.25, 0.3) is 10.2 Å². The third-order valence-electron chi connectivity index (χ3n) is 4.84. The Morgan fingerprint density at radius 1 is 0.895 bits per heavy atom. The monoisotopic (exact) mass is 287 g/mol. The zero-order valence-electron chi connectivity index (χ0n) is 11.9. The number of hydrogen-bond acceptors (Lipinski definition) is 3. The lowest BCUT2D eigenvalue weighted by molar-refractivity contribution is 0.211. The molecule has 1 N–H and O–H groups in total. The zero-order chi connectivity index (χ0) is 13.6. The molecule has 3 rings (SSSR count). The first-order chi connectivity index (χ1) is 8.96. The molecule has 0 aliphatic carbocycles. The summed E-state index contributed by atoms with van der Waals surface area (Å²) in [6.07, 6.45) is 1.14. The average Bonchev–Trinajstić information content (AvgIpc) is 2.87. The molecule has 3 heterocycles. The van der Waals surface area contributed by atoms with E-state index in [9.17, 15) is 8.42 Å². The van der Waals surface area contributed by atoms with Crippen molar-refractivity contribution in [3.63, 3.8) is 0 Å². The first kappa shape index (κ1) is 13.8. The molecular weight excluding hydrogens is 262 g/mol. The highest BCUT2D eigenvalue weighted by molar-refractivity contribution is 7.86. The minimum absolute atomic E-state index is 0.474. The Labute approximate surface area is 116 Å². The predicted molar refractivity (Wildman–Crippen MR) is 74.9 cm³/mol. The summed E-state index contributed by atoms with van der Waals surface area (Å²) in [5, 5.41) is 3.35. The fourth-order valence-electron chi connectivity index (χ4n) is 3.96. The molecule has 0 amide bonds. The molecule has 4 atom stereocenters. The fourth-order valence-corrected chi connectivity index (χ4v) is 5.93. The number of fused-ring (bicyclic) bond motifs is 1. The second kappa shape index (κ2) is 4.98. The summed E-state index contributed by atoms with van der Waals surface area (Å²) < 4.78 is 28.9. The molecule has 3 fully saturated rings. The number of nitrogens with zero attached hydrogens (tertiary/aromatic N) is 2. The summed E-state index contributed by atoms with van der Waals surface area (Å²) in [7, 11) is -3.23. The van der Waals surface area contributed by atoms with Crippen LogP contribution in [0.25, 0.3) is 0 Å². The van der Waals surface area contributed by atoms with Crippen LogP contribution in [0.5, 0.6) is 0 Å². The molecular formula is C13H25N3O2S. The molecule has 0 spiro atoms. The van der Waals surface area contributed by atoms with E-state index in [1.165, 1.54) is 0 Å². The Bertz CT molecular complexity index is 417. The van der Waals surface area contributed by atoms with Gasteiger partial charge in [-0.3, -0.25) is 0 Å². The van der Waals surface area contributed by atoms with Gasteiger partial charge < -0.3 is 5.32 Å². The van der Waals surface area contributed by atoms with E-state index < -0.39 is 10.2 Å². The van der Waals surface area contributed by atoms with Crippen LogP contribution in [0.15, 0.2) is 0 Å². The Balaban J connectivity index is 1.72. The largest absolute Gasteiger partial charge is 0.316 e. The summed E-state index contributed by atoms with van der Waals surface area (Å²) in [6.45, 7) is 9.06. The Morgan fingerprint density at radius 2 is 1.37 bits per heavy atom. The molecule has 2 unspecified atom stereocenters. The smallest absolute Gasteiger partial charge is 0.282 e. The first-order valence-electron chi connectivity index (χ1n) is 7.42. The van der Waals surface area contributed by atoms with Crippen molar-refractivity contribution in [3.8, 4) is 0 Å². The molecule has 110 valence electrons. The van der Waals surface area contributed by atoms with E-state index in [0.717, 1.165) is 19.5 Å². The van der Waals surface area contributed by atoms with Crippen molar-refractivity contribution >= 4 is 10.2 Å². The minimum atomic E-state index is -3.23. The SMILES string of the molecule is CC1CC(C)CN(S(=O)(=O)N2C[C@H]3CNC[C@H]3C2)C1. The average molecular weight is 287 g/mol. The third-order valence-corrected chi connectivity index (χ3v) is 6.75. The van der Waals surface area contributed by atoms with Crippen molar-refractivity contribution in [1.82, 2.24) is 13.9 Å². The topological polar surface area (TPSA) is 52.7 Å². The fraction of sp³-hybridized carbons (Fsp3) is 1.00. The molecule has 3 saturated heterocycles. The highest BCUT2D eigenvalue weighted by atomic mass is 32.2. The van der Waals surface area contributed by atoms with Gasteiger partial charge in [0.2, 0.25) is 0 Å². The number of nitrogens with one attached hydrogen (secondary N) is 1. The van der Waals surface area contributed by atoms with Crippen molar-refractivity contribution in [2.75, 3.05) is 39.3 Å². The van der Waals surface area contributed by atoms with Gasteiger partial charge >= 0.3 is 0 Å². The van der Waals surface area contributed by atoms with Gasteiger partial charge in [0.1, 0.15) is 0 Å². The minimum Gasteiger partial charge on any atom is -0.316 e. The molecule has 0 aromatic carbocycles. The lowest BCUT2D eigenvalue weighted by Crippen LogP contribution is -2.49. The van der Waals surface area contributed by atoms with Gasteiger partial charge in [0.15, 0.2) is 0 Å². The van der Waals surface area contributed by atoms with Crippen LogP contribution < -0.4 is 5.32 Å². The summed E-state index contributed by atoms with van der Waals surface area (Å²) in [6, 6.07) is 0. The van der Waals surface area contributed by atoms with Crippen molar-refractivity contribution in [2.45, 2.75) is 20.3 Å². The van der Waals surface area contributed by atoms with Crippen LogP contribution in [0.3, 0.4) is 0 Å². The van der Waals surface area contributed by atoms with Gasteiger partial charge in [-0.05, 0) is 43.2 Å². The van der Waals surface area contributed by atoms with E-state index >= 15 is 0 Å². The van der Waals surface area contributed by atoms with E-state index in [1.54, 1.807) is 8.61 Å². The van der Waals surface area contributed by atoms with Crippen LogP contribution in [-0.4, -0.2) is 56.3 Å². The Kier molecular flexibility index (Phi) is 3.62. The molecule has 0 saturated carbocycles. The summed E-state index contributed by atoms with van der Waals surface area (Å²) >= 11 is 0. The van der Waals surface area contributed by atoms with Gasteiger partial charge in [-0.1, -0.05) is 13.8 Å². The predicted octanol–water partition coefficient (Wildman–Crippen LogP) is 0.360. The van der Waals surface area contributed by atoms with E-state index in [0.29, 0.717) is 49.9 Å².